The van der Waals surface area contributed by atoms with Gasteiger partial charge in [0.25, 0.3) is 0 Å². The fourth-order valence-corrected chi connectivity index (χ4v) is 1.44. The number of methoxy groups -OCH3 is 1. The van der Waals surface area contributed by atoms with Crippen LogP contribution in [0.15, 0.2) is 0 Å². The van der Waals surface area contributed by atoms with Gasteiger partial charge in [-0.2, -0.15) is 0 Å². The summed E-state index contributed by atoms with van der Waals surface area (Å²) in [6.07, 6.45) is 1.45. The molecule has 1 aliphatic heterocycles. The molecule has 0 aromatic rings. The molecule has 1 aliphatic rings. The van der Waals surface area contributed by atoms with Crippen LogP contribution in [0, 0.1) is 0 Å². The molecule has 1 heterocycles. The molecule has 76 valence electrons. The van der Waals surface area contributed by atoms with E-state index < -0.39 is 0 Å². The number of hydrogen-bond acceptors (Lipinski definition) is 3. The molecular weight excluding hydrogens is 168 g/mol. The molecule has 1 saturated heterocycles. The number of carbonyl (C=O) groups excluding carboxylic acids is 1. The molecule has 4 heteroatoms. The fraction of sp³-hybridized carbons (Fsp3) is 0.889. The van der Waals surface area contributed by atoms with E-state index in [1.54, 1.807) is 7.11 Å². The quantitative estimate of drug-likeness (QED) is 0.621. The molecule has 0 aromatic carbocycles. The van der Waals surface area contributed by atoms with Gasteiger partial charge in [0.05, 0.1) is 0 Å². The molecule has 0 aliphatic carbocycles. The Balaban J connectivity index is 2.13. The van der Waals surface area contributed by atoms with Gasteiger partial charge in [-0.15, -0.1) is 0 Å². The number of hydrogen-bond donors (Lipinski definition) is 1. The summed E-state index contributed by atoms with van der Waals surface area (Å²) in [5.74, 6) is 0.263. The van der Waals surface area contributed by atoms with Crippen LogP contribution in [0.2, 0.25) is 0 Å². The Morgan fingerprint density at radius 1 is 1.46 bits per heavy atom. The molecule has 0 spiro atoms. The van der Waals surface area contributed by atoms with E-state index >= 15 is 0 Å². The summed E-state index contributed by atoms with van der Waals surface area (Å²) in [5, 5.41) is 3.22. The summed E-state index contributed by atoms with van der Waals surface area (Å²) in [5.41, 5.74) is 0. The minimum Gasteiger partial charge on any atom is -0.385 e. The molecule has 0 saturated carbocycles. The average Bonchev–Trinajstić information content (AvgIpc) is 2.19. The van der Waals surface area contributed by atoms with E-state index in [1.807, 2.05) is 4.90 Å². The summed E-state index contributed by atoms with van der Waals surface area (Å²) < 4.78 is 4.90. The normalized spacial score (nSPS) is 17.5. The van der Waals surface area contributed by atoms with E-state index in [-0.39, 0.29) is 5.91 Å². The Hall–Kier alpha value is -0.610. The first-order chi connectivity index (χ1) is 6.34. The lowest BCUT2D eigenvalue weighted by atomic mass is 10.2. The first kappa shape index (κ1) is 10.5. The van der Waals surface area contributed by atoms with Gasteiger partial charge in [-0.3, -0.25) is 4.79 Å². The zero-order chi connectivity index (χ0) is 9.52. The maximum Gasteiger partial charge on any atom is 0.222 e. The van der Waals surface area contributed by atoms with Gasteiger partial charge in [-0.25, -0.2) is 0 Å². The van der Waals surface area contributed by atoms with Crippen LogP contribution in [-0.4, -0.2) is 50.7 Å². The van der Waals surface area contributed by atoms with E-state index in [0.29, 0.717) is 13.0 Å². The smallest absolute Gasteiger partial charge is 0.222 e. The van der Waals surface area contributed by atoms with Gasteiger partial charge in [0.1, 0.15) is 0 Å². The molecule has 1 amide bonds. The van der Waals surface area contributed by atoms with Crippen LogP contribution in [0.5, 0.6) is 0 Å². The van der Waals surface area contributed by atoms with E-state index in [4.69, 9.17) is 4.74 Å². The van der Waals surface area contributed by atoms with Gasteiger partial charge in [0.2, 0.25) is 5.91 Å². The van der Waals surface area contributed by atoms with Crippen molar-refractivity contribution >= 4 is 5.91 Å². The fourth-order valence-electron chi connectivity index (χ4n) is 1.44. The number of ether oxygens (including phenoxy) is 1. The molecule has 4 nitrogen and oxygen atoms in total. The Morgan fingerprint density at radius 3 is 2.77 bits per heavy atom. The van der Waals surface area contributed by atoms with Gasteiger partial charge >= 0.3 is 0 Å². The van der Waals surface area contributed by atoms with Gasteiger partial charge in [-0.05, 0) is 6.42 Å². The molecule has 1 N–H and O–H groups in total. The van der Waals surface area contributed by atoms with Crippen LogP contribution >= 0.6 is 0 Å². The molecule has 0 radical (unpaired) electrons. The third kappa shape index (κ3) is 3.74. The zero-order valence-corrected chi connectivity index (χ0v) is 8.21. The Bertz CT molecular complexity index is 156. The molecular formula is C9H18N2O2. The SMILES string of the molecule is COCCCC(=O)N1CCNCC1. The molecule has 0 atom stereocenters. The van der Waals surface area contributed by atoms with Crippen molar-refractivity contribution in [3.05, 3.63) is 0 Å². The molecule has 0 aromatic heterocycles. The summed E-state index contributed by atoms with van der Waals surface area (Å²) in [4.78, 5) is 13.4. The second-order valence-corrected chi connectivity index (χ2v) is 3.23. The van der Waals surface area contributed by atoms with Crippen molar-refractivity contribution in [2.45, 2.75) is 12.8 Å². The minimum absolute atomic E-state index is 0.263. The number of carbonyl (C=O) groups is 1. The van der Waals surface area contributed by atoms with Crippen molar-refractivity contribution in [3.8, 4) is 0 Å². The van der Waals surface area contributed by atoms with E-state index in [0.717, 1.165) is 32.6 Å². The lowest BCUT2D eigenvalue weighted by Crippen LogP contribution is -2.46. The summed E-state index contributed by atoms with van der Waals surface area (Å²) in [7, 11) is 1.66. The van der Waals surface area contributed by atoms with Gasteiger partial charge in [0.15, 0.2) is 0 Å². The van der Waals surface area contributed by atoms with Crippen LogP contribution in [0.25, 0.3) is 0 Å². The Kier molecular flexibility index (Phi) is 4.78. The van der Waals surface area contributed by atoms with E-state index in [2.05, 4.69) is 5.32 Å². The highest BCUT2D eigenvalue weighted by Gasteiger charge is 2.14. The van der Waals surface area contributed by atoms with Gasteiger partial charge in [-0.1, -0.05) is 0 Å². The number of piperazine rings is 1. The van der Waals surface area contributed by atoms with Gasteiger partial charge < -0.3 is 15.0 Å². The summed E-state index contributed by atoms with van der Waals surface area (Å²) >= 11 is 0. The molecule has 0 bridgehead atoms. The average molecular weight is 186 g/mol. The van der Waals surface area contributed by atoms with E-state index in [1.165, 1.54) is 0 Å². The minimum atomic E-state index is 0.263. The predicted octanol–water partition coefficient (Wildman–Crippen LogP) is -0.155. The molecule has 13 heavy (non-hydrogen) atoms. The van der Waals surface area contributed by atoms with Crippen LogP contribution in [0.3, 0.4) is 0 Å². The number of amides is 1. The maximum absolute atomic E-state index is 11.5. The largest absolute Gasteiger partial charge is 0.385 e. The van der Waals surface area contributed by atoms with Crippen LogP contribution in [-0.2, 0) is 9.53 Å². The van der Waals surface area contributed by atoms with Crippen molar-refractivity contribution in [2.24, 2.45) is 0 Å². The van der Waals surface area contributed by atoms with Crippen molar-refractivity contribution in [1.82, 2.24) is 10.2 Å². The first-order valence-electron chi connectivity index (χ1n) is 4.82. The van der Waals surface area contributed by atoms with Crippen LogP contribution in [0.1, 0.15) is 12.8 Å². The van der Waals surface area contributed by atoms with Crippen molar-refractivity contribution in [3.63, 3.8) is 0 Å². The number of nitrogens with one attached hydrogen (secondary N) is 1. The Labute approximate surface area is 79.2 Å². The highest BCUT2D eigenvalue weighted by Crippen LogP contribution is 1.99. The lowest BCUT2D eigenvalue weighted by Gasteiger charge is -2.27. The summed E-state index contributed by atoms with van der Waals surface area (Å²) in [6, 6.07) is 0. The number of rotatable bonds is 4. The zero-order valence-electron chi connectivity index (χ0n) is 8.21. The highest BCUT2D eigenvalue weighted by atomic mass is 16.5. The topological polar surface area (TPSA) is 41.6 Å². The van der Waals surface area contributed by atoms with Crippen molar-refractivity contribution < 1.29 is 9.53 Å². The van der Waals surface area contributed by atoms with Gasteiger partial charge in [0, 0.05) is 46.3 Å². The van der Waals surface area contributed by atoms with E-state index in [9.17, 15) is 4.79 Å². The van der Waals surface area contributed by atoms with Crippen molar-refractivity contribution in [2.75, 3.05) is 39.9 Å². The summed E-state index contributed by atoms with van der Waals surface area (Å²) in [6.45, 7) is 4.24. The third-order valence-corrected chi connectivity index (χ3v) is 2.21. The lowest BCUT2D eigenvalue weighted by molar-refractivity contribution is -0.132. The van der Waals surface area contributed by atoms with Crippen molar-refractivity contribution in [1.29, 1.82) is 0 Å². The maximum atomic E-state index is 11.5. The third-order valence-electron chi connectivity index (χ3n) is 2.21. The van der Waals surface area contributed by atoms with Crippen LogP contribution < -0.4 is 5.32 Å². The first-order valence-corrected chi connectivity index (χ1v) is 4.82. The highest BCUT2D eigenvalue weighted by molar-refractivity contribution is 5.76. The number of nitrogens with zero attached hydrogens (tertiary/aromatic N) is 1. The monoisotopic (exact) mass is 186 g/mol. The second-order valence-electron chi connectivity index (χ2n) is 3.23. The molecule has 1 fully saturated rings. The van der Waals surface area contributed by atoms with Crippen LogP contribution in [0.4, 0.5) is 0 Å². The second kappa shape index (κ2) is 5.94. The molecule has 0 unspecified atom stereocenters. The molecule has 1 rings (SSSR count). The predicted molar refractivity (Wildman–Crippen MR) is 50.6 cm³/mol. The Morgan fingerprint density at radius 2 is 2.15 bits per heavy atom. The standard InChI is InChI=1S/C9H18N2O2/c1-13-8-2-3-9(12)11-6-4-10-5-7-11/h10H,2-8H2,1H3.